The Hall–Kier alpha value is -1.26. The van der Waals surface area contributed by atoms with Crippen molar-refractivity contribution in [2.75, 3.05) is 5.32 Å². The minimum absolute atomic E-state index is 0.143. The summed E-state index contributed by atoms with van der Waals surface area (Å²) in [6, 6.07) is 7.02. The summed E-state index contributed by atoms with van der Waals surface area (Å²) < 4.78 is 11.9. The molecule has 1 amide bonds. The largest absolute Gasteiger partial charge is 0.443 e. The van der Waals surface area contributed by atoms with Gasteiger partial charge in [-0.2, -0.15) is 0 Å². The molecular weight excluding hydrogens is 302 g/mol. The highest BCUT2D eigenvalue weighted by atomic mass is 35.5. The van der Waals surface area contributed by atoms with Gasteiger partial charge in [0, 0.05) is 17.1 Å². The van der Waals surface area contributed by atoms with Gasteiger partial charge in [0.2, 0.25) is 0 Å². The van der Waals surface area contributed by atoms with Crippen LogP contribution in [0.15, 0.2) is 24.3 Å². The number of anilines is 1. The zero-order valence-corrected chi connectivity index (χ0v) is 13.9. The van der Waals surface area contributed by atoms with Crippen LogP contribution in [0.5, 0.6) is 0 Å². The van der Waals surface area contributed by atoms with Crippen molar-refractivity contribution in [1.29, 1.82) is 0 Å². The van der Waals surface area contributed by atoms with Gasteiger partial charge in [0.1, 0.15) is 11.7 Å². The topological polar surface area (TPSA) is 47.6 Å². The van der Waals surface area contributed by atoms with Gasteiger partial charge < -0.3 is 9.47 Å². The van der Waals surface area contributed by atoms with Crippen molar-refractivity contribution in [3.8, 4) is 0 Å². The Balaban J connectivity index is 1.65. The maximum absolute atomic E-state index is 12.1. The first-order valence-electron chi connectivity index (χ1n) is 7.76. The molecule has 2 bridgehead atoms. The van der Waals surface area contributed by atoms with Crippen LogP contribution in [0.2, 0.25) is 5.02 Å². The smallest absolute Gasteiger partial charge is 0.411 e. The summed E-state index contributed by atoms with van der Waals surface area (Å²) in [5, 5.41) is 3.30. The van der Waals surface area contributed by atoms with Gasteiger partial charge in [-0.3, -0.25) is 5.32 Å². The van der Waals surface area contributed by atoms with E-state index in [0.717, 1.165) is 19.3 Å². The third kappa shape index (κ3) is 2.70. The molecule has 3 rings (SSSR count). The molecule has 2 aliphatic rings. The highest BCUT2D eigenvalue weighted by Crippen LogP contribution is 2.55. The summed E-state index contributed by atoms with van der Waals surface area (Å²) in [5.41, 5.74) is 0.122. The van der Waals surface area contributed by atoms with Crippen molar-refractivity contribution in [3.05, 3.63) is 29.3 Å². The number of amides is 1. The second-order valence-electron chi connectivity index (χ2n) is 6.87. The highest BCUT2D eigenvalue weighted by Gasteiger charge is 2.61. The fourth-order valence-corrected chi connectivity index (χ4v) is 3.77. The Morgan fingerprint density at radius 3 is 2.86 bits per heavy atom. The molecule has 1 aromatic rings. The van der Waals surface area contributed by atoms with Gasteiger partial charge in [0.15, 0.2) is 0 Å². The Morgan fingerprint density at radius 2 is 2.23 bits per heavy atom. The van der Waals surface area contributed by atoms with E-state index in [2.05, 4.69) is 19.2 Å². The van der Waals surface area contributed by atoms with Crippen LogP contribution in [-0.2, 0) is 9.47 Å². The molecule has 0 spiro atoms. The highest BCUT2D eigenvalue weighted by molar-refractivity contribution is 6.30. The molecule has 2 saturated heterocycles. The van der Waals surface area contributed by atoms with Gasteiger partial charge in [0.25, 0.3) is 0 Å². The first-order chi connectivity index (χ1) is 10.3. The van der Waals surface area contributed by atoms with Gasteiger partial charge in [-0.1, -0.05) is 31.5 Å². The van der Waals surface area contributed by atoms with Crippen LogP contribution in [-0.4, -0.2) is 23.4 Å². The van der Waals surface area contributed by atoms with E-state index in [0.29, 0.717) is 16.6 Å². The normalized spacial score (nSPS) is 33.2. The Bertz CT molecular complexity index is 591. The van der Waals surface area contributed by atoms with Gasteiger partial charge >= 0.3 is 6.09 Å². The predicted molar refractivity (Wildman–Crippen MR) is 86.3 cm³/mol. The molecule has 3 atom stereocenters. The zero-order chi connectivity index (χ0) is 16.0. The number of hydrogen-bond donors (Lipinski definition) is 1. The molecule has 0 aliphatic carbocycles. The molecule has 0 unspecified atom stereocenters. The molecule has 2 heterocycles. The zero-order valence-electron chi connectivity index (χ0n) is 13.2. The molecule has 0 aromatic heterocycles. The molecule has 0 radical (unpaired) electrons. The number of rotatable bonds is 3. The van der Waals surface area contributed by atoms with Crippen molar-refractivity contribution in [3.63, 3.8) is 0 Å². The van der Waals surface area contributed by atoms with E-state index in [1.807, 2.05) is 6.92 Å². The maximum atomic E-state index is 12.1. The van der Waals surface area contributed by atoms with E-state index >= 15 is 0 Å². The SMILES string of the molecule is CC(C)[C@@]12CC[C@](C)(O1)[C@@H](OC(=O)Nc1cccc(Cl)c1)C2. The molecule has 2 aliphatic heterocycles. The summed E-state index contributed by atoms with van der Waals surface area (Å²) in [4.78, 5) is 12.1. The number of nitrogens with one attached hydrogen (secondary N) is 1. The predicted octanol–water partition coefficient (Wildman–Crippen LogP) is 4.62. The molecule has 4 nitrogen and oxygen atoms in total. The maximum Gasteiger partial charge on any atom is 0.411 e. The van der Waals surface area contributed by atoms with E-state index in [1.165, 1.54) is 0 Å². The third-order valence-electron chi connectivity index (χ3n) is 5.07. The van der Waals surface area contributed by atoms with Crippen molar-refractivity contribution >= 4 is 23.4 Å². The second-order valence-corrected chi connectivity index (χ2v) is 7.30. The second kappa shape index (κ2) is 5.43. The number of fused-ring (bicyclic) bond motifs is 2. The van der Waals surface area contributed by atoms with Crippen LogP contribution in [0, 0.1) is 5.92 Å². The fourth-order valence-electron chi connectivity index (χ4n) is 3.58. The molecule has 1 N–H and O–H groups in total. The summed E-state index contributed by atoms with van der Waals surface area (Å²) >= 11 is 5.91. The van der Waals surface area contributed by atoms with Gasteiger partial charge in [0.05, 0.1) is 5.60 Å². The Morgan fingerprint density at radius 1 is 1.45 bits per heavy atom. The molecule has 22 heavy (non-hydrogen) atoms. The van der Waals surface area contributed by atoms with Crippen LogP contribution in [0.4, 0.5) is 10.5 Å². The van der Waals surface area contributed by atoms with Gasteiger partial charge in [-0.05, 0) is 43.9 Å². The number of halogens is 1. The Kier molecular flexibility index (Phi) is 3.86. The summed E-state index contributed by atoms with van der Waals surface area (Å²) in [6.07, 6.45) is 2.08. The average molecular weight is 324 g/mol. The van der Waals surface area contributed by atoms with E-state index in [9.17, 15) is 4.79 Å². The van der Waals surface area contributed by atoms with Gasteiger partial charge in [-0.25, -0.2) is 4.79 Å². The lowest BCUT2D eigenvalue weighted by molar-refractivity contribution is -0.0807. The molecule has 1 aromatic carbocycles. The molecule has 120 valence electrons. The minimum atomic E-state index is -0.455. The molecule has 2 fully saturated rings. The lowest BCUT2D eigenvalue weighted by Gasteiger charge is -2.31. The van der Waals surface area contributed by atoms with Crippen LogP contribution in [0.25, 0.3) is 0 Å². The number of carbonyl (C=O) groups is 1. The summed E-state index contributed by atoms with van der Waals surface area (Å²) in [6.45, 7) is 6.38. The van der Waals surface area contributed by atoms with E-state index < -0.39 is 6.09 Å². The fraction of sp³-hybridized carbons (Fsp3) is 0.588. The number of ether oxygens (including phenoxy) is 2. The van der Waals surface area contributed by atoms with Crippen LogP contribution in [0.1, 0.15) is 40.0 Å². The van der Waals surface area contributed by atoms with Crippen molar-refractivity contribution in [2.24, 2.45) is 5.92 Å². The summed E-state index contributed by atoms with van der Waals surface area (Å²) in [7, 11) is 0. The first-order valence-corrected chi connectivity index (χ1v) is 8.14. The number of hydrogen-bond acceptors (Lipinski definition) is 3. The van der Waals surface area contributed by atoms with Crippen LogP contribution >= 0.6 is 11.6 Å². The standard InChI is InChI=1S/C17H22ClNO3/c1-11(2)17-8-7-16(3,22-17)14(10-17)21-15(20)19-13-6-4-5-12(18)9-13/h4-6,9,11,14H,7-8,10H2,1-3H3,(H,19,20)/t14-,16-,17-/m0/s1. The van der Waals surface area contributed by atoms with E-state index in [-0.39, 0.29) is 17.3 Å². The third-order valence-corrected chi connectivity index (χ3v) is 5.30. The average Bonchev–Trinajstić information content (AvgIpc) is 2.91. The molecule has 5 heteroatoms. The molecule has 0 saturated carbocycles. The Labute approximate surface area is 136 Å². The monoisotopic (exact) mass is 323 g/mol. The van der Waals surface area contributed by atoms with E-state index in [1.54, 1.807) is 24.3 Å². The van der Waals surface area contributed by atoms with Crippen molar-refractivity contribution in [1.82, 2.24) is 0 Å². The number of carbonyl (C=O) groups excluding carboxylic acids is 1. The molecular formula is C17H22ClNO3. The van der Waals surface area contributed by atoms with E-state index in [4.69, 9.17) is 21.1 Å². The lowest BCUT2D eigenvalue weighted by Crippen LogP contribution is -2.40. The van der Waals surface area contributed by atoms with Gasteiger partial charge in [-0.15, -0.1) is 0 Å². The number of benzene rings is 1. The van der Waals surface area contributed by atoms with Crippen LogP contribution in [0.3, 0.4) is 0 Å². The quantitative estimate of drug-likeness (QED) is 0.882. The van der Waals surface area contributed by atoms with Crippen LogP contribution < -0.4 is 5.32 Å². The first kappa shape index (κ1) is 15.6. The minimum Gasteiger partial charge on any atom is -0.443 e. The van der Waals surface area contributed by atoms with Crippen molar-refractivity contribution < 1.29 is 14.3 Å². The van der Waals surface area contributed by atoms with Crippen molar-refractivity contribution in [2.45, 2.75) is 57.3 Å². The lowest BCUT2D eigenvalue weighted by atomic mass is 9.75. The summed E-state index contributed by atoms with van der Waals surface area (Å²) in [5.74, 6) is 0.416.